The Hall–Kier alpha value is -2.80. The largest absolute Gasteiger partial charge is 0.475 e. The lowest BCUT2D eigenvalue weighted by Gasteiger charge is -2.32. The highest BCUT2D eigenvalue weighted by Crippen LogP contribution is 2.30. The molecule has 0 unspecified atom stereocenters. The van der Waals surface area contributed by atoms with Crippen molar-refractivity contribution >= 4 is 23.5 Å². The van der Waals surface area contributed by atoms with E-state index in [0.29, 0.717) is 22.7 Å². The summed E-state index contributed by atoms with van der Waals surface area (Å²) in [6.45, 7) is 0. The van der Waals surface area contributed by atoms with Crippen molar-refractivity contribution in [3.05, 3.63) is 60.1 Å². The fourth-order valence-electron chi connectivity index (χ4n) is 3.78. The number of carbonyl (C=O) groups is 1. The molecule has 0 saturated heterocycles. The molecule has 1 fully saturated rings. The lowest BCUT2D eigenvalue weighted by molar-refractivity contribution is 0.0661. The van der Waals surface area contributed by atoms with Crippen LogP contribution in [0.1, 0.15) is 48.4 Å². The summed E-state index contributed by atoms with van der Waals surface area (Å²) in [4.78, 5) is 22.9. The van der Waals surface area contributed by atoms with Gasteiger partial charge in [0.15, 0.2) is 5.16 Å². The maximum Gasteiger partial charge on any atom is 0.371 e. The third-order valence-electron chi connectivity index (χ3n) is 5.46. The summed E-state index contributed by atoms with van der Waals surface area (Å²) in [6.07, 6.45) is 6.21. The molecule has 0 radical (unpaired) electrons. The number of aromatic nitrogens is 2. The molecule has 3 aromatic rings. The van der Waals surface area contributed by atoms with Crippen LogP contribution in [-0.4, -0.2) is 34.1 Å². The Kier molecular flexibility index (Phi) is 6.38. The van der Waals surface area contributed by atoms with Gasteiger partial charge in [0.05, 0.1) is 11.4 Å². The summed E-state index contributed by atoms with van der Waals surface area (Å²) in [5.74, 6) is 0.863. The summed E-state index contributed by atoms with van der Waals surface area (Å²) in [5.41, 5.74) is 1.93. The van der Waals surface area contributed by atoms with Gasteiger partial charge in [0.1, 0.15) is 11.6 Å². The molecule has 0 amide bonds. The quantitative estimate of drug-likeness (QED) is 0.397. The smallest absolute Gasteiger partial charge is 0.371 e. The summed E-state index contributed by atoms with van der Waals surface area (Å²) >= 11 is 1.45. The van der Waals surface area contributed by atoms with Crippen molar-refractivity contribution in [2.75, 3.05) is 11.9 Å². The van der Waals surface area contributed by atoms with Crippen LogP contribution in [-0.2, 0) is 5.75 Å². The Bertz CT molecular complexity index is 1000. The van der Waals surface area contributed by atoms with E-state index in [1.54, 1.807) is 6.07 Å². The molecule has 30 heavy (non-hydrogen) atoms. The second kappa shape index (κ2) is 9.34. The highest BCUT2D eigenvalue weighted by molar-refractivity contribution is 7.98. The molecule has 0 spiro atoms. The van der Waals surface area contributed by atoms with E-state index in [-0.39, 0.29) is 5.76 Å². The molecule has 1 aromatic carbocycles. The van der Waals surface area contributed by atoms with Crippen LogP contribution in [0, 0.1) is 0 Å². The van der Waals surface area contributed by atoms with Crippen molar-refractivity contribution in [1.82, 2.24) is 9.97 Å². The van der Waals surface area contributed by atoms with Gasteiger partial charge in [-0.1, -0.05) is 61.4 Å². The molecule has 156 valence electrons. The molecular formula is C23H25N3O3S. The van der Waals surface area contributed by atoms with Crippen molar-refractivity contribution in [2.45, 2.75) is 49.1 Å². The number of thioether (sulfide) groups is 1. The first-order chi connectivity index (χ1) is 14.6. The highest BCUT2D eigenvalue weighted by atomic mass is 32.2. The minimum Gasteiger partial charge on any atom is -0.475 e. The predicted molar refractivity (Wildman–Crippen MR) is 118 cm³/mol. The van der Waals surface area contributed by atoms with Gasteiger partial charge in [-0.05, 0) is 25.0 Å². The van der Waals surface area contributed by atoms with Crippen LogP contribution < -0.4 is 4.90 Å². The normalized spacial score (nSPS) is 14.6. The number of aromatic carboxylic acids is 1. The maximum atomic E-state index is 11.0. The van der Waals surface area contributed by atoms with Crippen LogP contribution in [0.2, 0.25) is 0 Å². The molecule has 1 saturated carbocycles. The van der Waals surface area contributed by atoms with Gasteiger partial charge in [-0.3, -0.25) is 0 Å². The second-order valence-corrected chi connectivity index (χ2v) is 8.47. The number of hydrogen-bond acceptors (Lipinski definition) is 6. The van der Waals surface area contributed by atoms with Crippen molar-refractivity contribution < 1.29 is 14.3 Å². The van der Waals surface area contributed by atoms with E-state index in [1.165, 1.54) is 49.9 Å². The summed E-state index contributed by atoms with van der Waals surface area (Å²) in [5, 5.41) is 9.69. The van der Waals surface area contributed by atoms with Gasteiger partial charge in [-0.25, -0.2) is 14.8 Å². The molecule has 1 aliphatic carbocycles. The first-order valence-electron chi connectivity index (χ1n) is 10.2. The van der Waals surface area contributed by atoms with Crippen LogP contribution in [0.5, 0.6) is 0 Å². The first-order valence-corrected chi connectivity index (χ1v) is 11.2. The number of carboxylic acids is 1. The van der Waals surface area contributed by atoms with Gasteiger partial charge >= 0.3 is 5.97 Å². The predicted octanol–water partition coefficient (Wildman–Crippen LogP) is 5.50. The average Bonchev–Trinajstić information content (AvgIpc) is 3.28. The van der Waals surface area contributed by atoms with Crippen LogP contribution in [0.3, 0.4) is 0 Å². The third kappa shape index (κ3) is 4.84. The first kappa shape index (κ1) is 20.5. The lowest BCUT2D eigenvalue weighted by Crippen LogP contribution is -2.34. The van der Waals surface area contributed by atoms with E-state index in [4.69, 9.17) is 19.5 Å². The van der Waals surface area contributed by atoms with E-state index < -0.39 is 5.97 Å². The second-order valence-electron chi connectivity index (χ2n) is 7.52. The topological polar surface area (TPSA) is 79.5 Å². The number of furan rings is 1. The molecule has 0 bridgehead atoms. The van der Waals surface area contributed by atoms with Crippen LogP contribution in [0.15, 0.2) is 58.1 Å². The number of rotatable bonds is 7. The number of nitrogens with zero attached hydrogens (tertiary/aromatic N) is 3. The number of benzene rings is 1. The Morgan fingerprint density at radius 2 is 1.90 bits per heavy atom. The summed E-state index contributed by atoms with van der Waals surface area (Å²) in [6, 6.07) is 15.8. The Labute approximate surface area is 180 Å². The molecule has 7 heteroatoms. The van der Waals surface area contributed by atoms with Gasteiger partial charge in [0.2, 0.25) is 5.76 Å². The van der Waals surface area contributed by atoms with E-state index in [9.17, 15) is 4.79 Å². The monoisotopic (exact) mass is 423 g/mol. The van der Waals surface area contributed by atoms with Crippen molar-refractivity contribution in [1.29, 1.82) is 0 Å². The third-order valence-corrected chi connectivity index (χ3v) is 6.33. The van der Waals surface area contributed by atoms with Crippen molar-refractivity contribution in [3.8, 4) is 11.3 Å². The molecule has 0 aliphatic heterocycles. The maximum absolute atomic E-state index is 11.0. The molecule has 1 aliphatic rings. The van der Waals surface area contributed by atoms with Gasteiger partial charge in [-0.15, -0.1) is 0 Å². The zero-order valence-electron chi connectivity index (χ0n) is 17.0. The highest BCUT2D eigenvalue weighted by Gasteiger charge is 2.21. The van der Waals surface area contributed by atoms with Crippen molar-refractivity contribution in [2.24, 2.45) is 0 Å². The molecular weight excluding hydrogens is 398 g/mol. The zero-order chi connectivity index (χ0) is 20.9. The Morgan fingerprint density at radius 3 is 2.60 bits per heavy atom. The van der Waals surface area contributed by atoms with E-state index in [1.807, 2.05) is 30.3 Å². The number of anilines is 1. The number of carboxylic acid groups (broad SMARTS) is 1. The molecule has 0 atom stereocenters. The Morgan fingerprint density at radius 1 is 1.13 bits per heavy atom. The summed E-state index contributed by atoms with van der Waals surface area (Å²) in [7, 11) is 2.12. The van der Waals surface area contributed by atoms with Gasteiger partial charge in [0, 0.05) is 24.7 Å². The van der Waals surface area contributed by atoms with Crippen LogP contribution in [0.25, 0.3) is 11.3 Å². The fraction of sp³-hybridized carbons (Fsp3) is 0.348. The van der Waals surface area contributed by atoms with E-state index in [0.717, 1.165) is 17.1 Å². The van der Waals surface area contributed by atoms with Gasteiger partial charge in [-0.2, -0.15) is 0 Å². The zero-order valence-corrected chi connectivity index (χ0v) is 17.8. The molecule has 6 nitrogen and oxygen atoms in total. The molecule has 1 N–H and O–H groups in total. The minimum absolute atomic E-state index is 0.0534. The van der Waals surface area contributed by atoms with E-state index >= 15 is 0 Å². The molecule has 2 aromatic heterocycles. The standard InChI is InChI=1S/C23H25N3O3S/c1-26(17-10-6-3-7-11-17)21-14-19(16-8-4-2-5-9-16)24-23(25-21)30-15-18-12-13-20(29-18)22(27)28/h2,4-5,8-9,12-14,17H,3,6-7,10-11,15H2,1H3,(H,27,28). The number of hydrogen-bond donors (Lipinski definition) is 1. The molecule has 4 rings (SSSR count). The SMILES string of the molecule is CN(c1cc(-c2ccccc2)nc(SCc2ccc(C(=O)O)o2)n1)C1CCCCC1. The Balaban J connectivity index is 1.60. The molecule has 2 heterocycles. The van der Waals surface area contributed by atoms with Crippen LogP contribution in [0.4, 0.5) is 5.82 Å². The van der Waals surface area contributed by atoms with Gasteiger partial charge < -0.3 is 14.4 Å². The van der Waals surface area contributed by atoms with E-state index in [2.05, 4.69) is 18.0 Å². The fourth-order valence-corrected chi connectivity index (χ4v) is 4.52. The van der Waals surface area contributed by atoms with Crippen LogP contribution >= 0.6 is 11.8 Å². The lowest BCUT2D eigenvalue weighted by atomic mass is 9.94. The summed E-state index contributed by atoms with van der Waals surface area (Å²) < 4.78 is 5.37. The minimum atomic E-state index is -1.06. The average molecular weight is 424 g/mol. The van der Waals surface area contributed by atoms with Crippen molar-refractivity contribution in [3.63, 3.8) is 0 Å². The van der Waals surface area contributed by atoms with Gasteiger partial charge in [0.25, 0.3) is 0 Å².